The first kappa shape index (κ1) is 14.2. The molecule has 1 aromatic carbocycles. The van der Waals surface area contributed by atoms with Gasteiger partial charge in [0.25, 0.3) is 5.91 Å². The fourth-order valence-electron chi connectivity index (χ4n) is 2.55. The first-order chi connectivity index (χ1) is 9.13. The molecule has 1 atom stereocenters. The zero-order valence-corrected chi connectivity index (χ0v) is 11.6. The van der Waals surface area contributed by atoms with E-state index >= 15 is 0 Å². The summed E-state index contributed by atoms with van der Waals surface area (Å²) in [5.41, 5.74) is 6.62. The van der Waals surface area contributed by atoms with Gasteiger partial charge in [-0.1, -0.05) is 17.7 Å². The lowest BCUT2D eigenvalue weighted by molar-refractivity contribution is 0.0654. The van der Waals surface area contributed by atoms with Crippen molar-refractivity contribution in [2.45, 2.75) is 19.3 Å². The number of nitrogens with zero attached hydrogens (tertiary/aromatic N) is 1. The molecule has 0 saturated carbocycles. The van der Waals surface area contributed by atoms with Gasteiger partial charge in [0.1, 0.15) is 0 Å². The summed E-state index contributed by atoms with van der Waals surface area (Å²) in [6.07, 6.45) is 2.78. The first-order valence-electron chi connectivity index (χ1n) is 6.57. The Morgan fingerprint density at radius 2 is 2.32 bits per heavy atom. The Bertz CT molecular complexity index is 463. The van der Waals surface area contributed by atoms with Gasteiger partial charge in [0, 0.05) is 19.7 Å². The molecule has 1 saturated heterocycles. The summed E-state index contributed by atoms with van der Waals surface area (Å²) >= 11 is 6.09. The van der Waals surface area contributed by atoms with E-state index in [1.54, 1.807) is 18.2 Å². The molecule has 1 fully saturated rings. The number of halogens is 1. The number of hydrogen-bond acceptors (Lipinski definition) is 3. The summed E-state index contributed by atoms with van der Waals surface area (Å²) < 4.78 is 0. The third-order valence-corrected chi connectivity index (χ3v) is 4.02. The Morgan fingerprint density at radius 1 is 1.53 bits per heavy atom. The van der Waals surface area contributed by atoms with Crippen LogP contribution in [0.5, 0.6) is 0 Å². The Morgan fingerprint density at radius 3 is 3.05 bits per heavy atom. The van der Waals surface area contributed by atoms with Crippen LogP contribution in [-0.2, 0) is 0 Å². The van der Waals surface area contributed by atoms with Gasteiger partial charge in [-0.05, 0) is 37.3 Å². The van der Waals surface area contributed by atoms with E-state index < -0.39 is 0 Å². The van der Waals surface area contributed by atoms with Gasteiger partial charge in [-0.15, -0.1) is 0 Å². The minimum atomic E-state index is -0.0695. The fraction of sp³-hybridized carbons (Fsp3) is 0.500. The number of aliphatic hydroxyl groups excluding tert-OH is 1. The number of carbonyl (C=O) groups excluding carboxylic acids is 1. The number of carbonyl (C=O) groups is 1. The number of nitrogen functional groups attached to an aromatic ring is 1. The summed E-state index contributed by atoms with van der Waals surface area (Å²) in [5, 5.41) is 9.33. The lowest BCUT2D eigenvalue weighted by Gasteiger charge is -2.32. The molecule has 104 valence electrons. The molecule has 0 radical (unpaired) electrons. The maximum absolute atomic E-state index is 12.4. The highest BCUT2D eigenvalue weighted by atomic mass is 35.5. The van der Waals surface area contributed by atoms with Crippen LogP contribution in [0.3, 0.4) is 0 Å². The largest absolute Gasteiger partial charge is 0.398 e. The van der Waals surface area contributed by atoms with Crippen LogP contribution in [0, 0.1) is 5.92 Å². The average Bonchev–Trinajstić information content (AvgIpc) is 2.42. The molecule has 4 nitrogen and oxygen atoms in total. The number of likely N-dealkylation sites (tertiary alicyclic amines) is 1. The van der Waals surface area contributed by atoms with E-state index in [1.807, 2.05) is 4.90 Å². The van der Waals surface area contributed by atoms with Gasteiger partial charge in [0.2, 0.25) is 0 Å². The van der Waals surface area contributed by atoms with Crippen molar-refractivity contribution < 1.29 is 9.90 Å². The molecule has 1 aromatic rings. The Balaban J connectivity index is 2.12. The standard InChI is InChI=1S/C14H19ClN2O2/c15-13-11(4-1-5-12(13)16)14(19)17-7-2-3-10(9-17)6-8-18/h1,4-5,10,18H,2-3,6-9,16H2. The van der Waals surface area contributed by atoms with Crippen LogP contribution in [-0.4, -0.2) is 35.6 Å². The van der Waals surface area contributed by atoms with Gasteiger partial charge in [0.15, 0.2) is 0 Å². The maximum Gasteiger partial charge on any atom is 0.255 e. The minimum absolute atomic E-state index is 0.0695. The van der Waals surface area contributed by atoms with Gasteiger partial charge in [-0.25, -0.2) is 0 Å². The summed E-state index contributed by atoms with van der Waals surface area (Å²) in [5.74, 6) is 0.308. The second-order valence-corrected chi connectivity index (χ2v) is 5.36. The average molecular weight is 283 g/mol. The Labute approximate surface area is 118 Å². The molecular formula is C14H19ClN2O2. The van der Waals surface area contributed by atoms with E-state index in [4.69, 9.17) is 22.4 Å². The molecule has 1 aliphatic rings. The Hall–Kier alpha value is -1.26. The summed E-state index contributed by atoms with van der Waals surface area (Å²) in [6.45, 7) is 1.60. The first-order valence-corrected chi connectivity index (χ1v) is 6.95. The predicted octanol–water partition coefficient (Wildman–Crippen LogP) is 2.16. The molecule has 0 spiro atoms. The van der Waals surface area contributed by atoms with E-state index in [-0.39, 0.29) is 12.5 Å². The van der Waals surface area contributed by atoms with Crippen molar-refractivity contribution in [2.24, 2.45) is 5.92 Å². The molecule has 0 aliphatic carbocycles. The van der Waals surface area contributed by atoms with Crippen LogP contribution < -0.4 is 5.73 Å². The number of nitrogens with two attached hydrogens (primary N) is 1. The van der Waals surface area contributed by atoms with Crippen molar-refractivity contribution in [2.75, 3.05) is 25.4 Å². The monoisotopic (exact) mass is 282 g/mol. The predicted molar refractivity (Wildman–Crippen MR) is 76.2 cm³/mol. The highest BCUT2D eigenvalue weighted by Crippen LogP contribution is 2.27. The van der Waals surface area contributed by atoms with Crippen LogP contribution >= 0.6 is 11.6 Å². The van der Waals surface area contributed by atoms with E-state index in [2.05, 4.69) is 0 Å². The number of anilines is 1. The van der Waals surface area contributed by atoms with E-state index in [0.717, 1.165) is 25.8 Å². The molecule has 1 heterocycles. The van der Waals surface area contributed by atoms with Crippen molar-refractivity contribution in [3.05, 3.63) is 28.8 Å². The number of amides is 1. The highest BCUT2D eigenvalue weighted by Gasteiger charge is 2.25. The zero-order valence-electron chi connectivity index (χ0n) is 10.8. The molecule has 1 unspecified atom stereocenters. The third kappa shape index (κ3) is 3.19. The Kier molecular flexibility index (Phi) is 4.66. The molecule has 1 amide bonds. The van der Waals surface area contributed by atoms with Gasteiger partial charge in [-0.2, -0.15) is 0 Å². The molecule has 19 heavy (non-hydrogen) atoms. The lowest BCUT2D eigenvalue weighted by atomic mass is 9.94. The molecule has 1 aliphatic heterocycles. The summed E-state index contributed by atoms with van der Waals surface area (Å²) in [4.78, 5) is 14.3. The van der Waals surface area contributed by atoms with Crippen LogP contribution in [0.2, 0.25) is 5.02 Å². The van der Waals surface area contributed by atoms with Crippen LogP contribution in [0.25, 0.3) is 0 Å². The van der Waals surface area contributed by atoms with Crippen molar-refractivity contribution >= 4 is 23.2 Å². The molecule has 5 heteroatoms. The molecular weight excluding hydrogens is 264 g/mol. The molecule has 2 rings (SSSR count). The summed E-state index contributed by atoms with van der Waals surface area (Å²) in [6, 6.07) is 5.13. The van der Waals surface area contributed by atoms with E-state index in [9.17, 15) is 4.79 Å². The number of aliphatic hydroxyl groups is 1. The lowest BCUT2D eigenvalue weighted by Crippen LogP contribution is -2.40. The second kappa shape index (κ2) is 6.26. The zero-order chi connectivity index (χ0) is 13.8. The summed E-state index contributed by atoms with van der Waals surface area (Å²) in [7, 11) is 0. The van der Waals surface area contributed by atoms with Crippen molar-refractivity contribution in [1.29, 1.82) is 0 Å². The van der Waals surface area contributed by atoms with Crippen molar-refractivity contribution in [3.8, 4) is 0 Å². The van der Waals surface area contributed by atoms with Crippen LogP contribution in [0.15, 0.2) is 18.2 Å². The van der Waals surface area contributed by atoms with Gasteiger partial charge >= 0.3 is 0 Å². The number of rotatable bonds is 3. The van der Waals surface area contributed by atoms with Crippen LogP contribution in [0.4, 0.5) is 5.69 Å². The van der Waals surface area contributed by atoms with Crippen LogP contribution in [0.1, 0.15) is 29.6 Å². The minimum Gasteiger partial charge on any atom is -0.398 e. The van der Waals surface area contributed by atoms with Gasteiger partial charge in [0.05, 0.1) is 16.3 Å². The van der Waals surface area contributed by atoms with E-state index in [1.165, 1.54) is 0 Å². The third-order valence-electron chi connectivity index (χ3n) is 3.60. The molecule has 0 bridgehead atoms. The number of piperidine rings is 1. The number of benzene rings is 1. The van der Waals surface area contributed by atoms with Gasteiger partial charge in [-0.3, -0.25) is 4.79 Å². The second-order valence-electron chi connectivity index (χ2n) is 4.98. The van der Waals surface area contributed by atoms with Gasteiger partial charge < -0.3 is 15.7 Å². The normalized spacial score (nSPS) is 19.5. The molecule has 0 aromatic heterocycles. The topological polar surface area (TPSA) is 66.6 Å². The smallest absolute Gasteiger partial charge is 0.255 e. The maximum atomic E-state index is 12.4. The van der Waals surface area contributed by atoms with E-state index in [0.29, 0.717) is 28.7 Å². The van der Waals surface area contributed by atoms with Crippen molar-refractivity contribution in [1.82, 2.24) is 4.90 Å². The fourth-order valence-corrected chi connectivity index (χ4v) is 2.76. The number of hydrogen-bond donors (Lipinski definition) is 2. The highest BCUT2D eigenvalue weighted by molar-refractivity contribution is 6.36. The molecule has 3 N–H and O–H groups in total. The van der Waals surface area contributed by atoms with Crippen molar-refractivity contribution in [3.63, 3.8) is 0 Å². The SMILES string of the molecule is Nc1cccc(C(=O)N2CCCC(CCO)C2)c1Cl. The quantitative estimate of drug-likeness (QED) is 0.835.